The van der Waals surface area contributed by atoms with E-state index >= 15 is 0 Å². The van der Waals surface area contributed by atoms with Gasteiger partial charge in [0.25, 0.3) is 5.91 Å². The SMILES string of the molecule is Nc1ccc(C(=O)OCC(=O)N2CCC(Cc3ccccc3)CC2)cc1. The Morgan fingerprint density at radius 3 is 2.31 bits per heavy atom. The summed E-state index contributed by atoms with van der Waals surface area (Å²) >= 11 is 0. The molecule has 3 rings (SSSR count). The number of piperidine rings is 1. The predicted octanol–water partition coefficient (Wildman–Crippen LogP) is 2.91. The Kier molecular flexibility index (Phi) is 5.89. The van der Waals surface area contributed by atoms with Gasteiger partial charge in [0.05, 0.1) is 5.56 Å². The molecule has 2 N–H and O–H groups in total. The smallest absolute Gasteiger partial charge is 0.338 e. The van der Waals surface area contributed by atoms with E-state index in [0.717, 1.165) is 32.4 Å². The highest BCUT2D eigenvalue weighted by Gasteiger charge is 2.23. The van der Waals surface area contributed by atoms with Crippen LogP contribution >= 0.6 is 0 Å². The van der Waals surface area contributed by atoms with Crippen molar-refractivity contribution in [1.82, 2.24) is 4.90 Å². The number of likely N-dealkylation sites (tertiary alicyclic amines) is 1. The topological polar surface area (TPSA) is 72.6 Å². The Hall–Kier alpha value is -2.82. The van der Waals surface area contributed by atoms with Crippen molar-refractivity contribution in [2.24, 2.45) is 5.92 Å². The molecule has 1 heterocycles. The zero-order valence-corrected chi connectivity index (χ0v) is 14.8. The van der Waals surface area contributed by atoms with Crippen molar-refractivity contribution in [3.63, 3.8) is 0 Å². The number of benzene rings is 2. The fourth-order valence-electron chi connectivity index (χ4n) is 3.26. The minimum atomic E-state index is -0.502. The molecule has 5 nitrogen and oxygen atoms in total. The number of nitrogens with two attached hydrogens (primary N) is 1. The van der Waals surface area contributed by atoms with E-state index in [-0.39, 0.29) is 12.5 Å². The lowest BCUT2D eigenvalue weighted by atomic mass is 9.90. The van der Waals surface area contributed by atoms with Gasteiger partial charge in [-0.15, -0.1) is 0 Å². The van der Waals surface area contributed by atoms with Crippen LogP contribution in [0.4, 0.5) is 5.69 Å². The molecular weight excluding hydrogens is 328 g/mol. The second-order valence-corrected chi connectivity index (χ2v) is 6.71. The quantitative estimate of drug-likeness (QED) is 0.663. The van der Waals surface area contributed by atoms with E-state index < -0.39 is 5.97 Å². The average molecular weight is 352 g/mol. The van der Waals surface area contributed by atoms with E-state index in [2.05, 4.69) is 24.3 Å². The van der Waals surface area contributed by atoms with Crippen molar-refractivity contribution in [2.75, 3.05) is 25.4 Å². The number of carbonyl (C=O) groups is 2. The van der Waals surface area contributed by atoms with Crippen molar-refractivity contribution in [2.45, 2.75) is 19.3 Å². The molecule has 0 unspecified atom stereocenters. The first kappa shape index (κ1) is 18.0. The van der Waals surface area contributed by atoms with Gasteiger partial charge in [0.15, 0.2) is 6.61 Å². The van der Waals surface area contributed by atoms with Gasteiger partial charge in [-0.3, -0.25) is 4.79 Å². The number of amides is 1. The highest BCUT2D eigenvalue weighted by molar-refractivity contribution is 5.91. The van der Waals surface area contributed by atoms with Crippen LogP contribution in [-0.2, 0) is 16.0 Å². The Balaban J connectivity index is 1.42. The van der Waals surface area contributed by atoms with Crippen molar-refractivity contribution < 1.29 is 14.3 Å². The molecule has 0 bridgehead atoms. The van der Waals surface area contributed by atoms with Crippen LogP contribution in [0, 0.1) is 5.92 Å². The minimum Gasteiger partial charge on any atom is -0.452 e. The third-order valence-corrected chi connectivity index (χ3v) is 4.81. The van der Waals surface area contributed by atoms with Crippen LogP contribution in [0.15, 0.2) is 54.6 Å². The lowest BCUT2D eigenvalue weighted by molar-refractivity contribution is -0.135. The molecule has 26 heavy (non-hydrogen) atoms. The van der Waals surface area contributed by atoms with Gasteiger partial charge in [-0.1, -0.05) is 30.3 Å². The fraction of sp³-hybridized carbons (Fsp3) is 0.333. The summed E-state index contributed by atoms with van der Waals surface area (Å²) in [5, 5.41) is 0. The molecule has 2 aromatic carbocycles. The molecule has 0 radical (unpaired) electrons. The van der Waals surface area contributed by atoms with Crippen LogP contribution in [0.5, 0.6) is 0 Å². The first-order valence-corrected chi connectivity index (χ1v) is 8.96. The molecule has 0 aromatic heterocycles. The van der Waals surface area contributed by atoms with E-state index in [4.69, 9.17) is 10.5 Å². The number of esters is 1. The first-order valence-electron chi connectivity index (χ1n) is 8.96. The van der Waals surface area contributed by atoms with Crippen molar-refractivity contribution in [3.8, 4) is 0 Å². The van der Waals surface area contributed by atoms with E-state index in [1.165, 1.54) is 5.56 Å². The maximum atomic E-state index is 12.3. The molecule has 0 saturated carbocycles. The molecule has 1 aliphatic heterocycles. The fourth-order valence-corrected chi connectivity index (χ4v) is 3.26. The molecule has 1 fully saturated rings. The molecule has 2 aromatic rings. The van der Waals surface area contributed by atoms with Crippen LogP contribution in [0.3, 0.4) is 0 Å². The van der Waals surface area contributed by atoms with Gasteiger partial charge in [0.2, 0.25) is 0 Å². The Morgan fingerprint density at radius 2 is 1.65 bits per heavy atom. The van der Waals surface area contributed by atoms with Gasteiger partial charge < -0.3 is 15.4 Å². The third-order valence-electron chi connectivity index (χ3n) is 4.81. The van der Waals surface area contributed by atoms with Gasteiger partial charge in [0.1, 0.15) is 0 Å². The monoisotopic (exact) mass is 352 g/mol. The highest BCUT2D eigenvalue weighted by Crippen LogP contribution is 2.21. The van der Waals surface area contributed by atoms with Crippen LogP contribution in [0.1, 0.15) is 28.8 Å². The largest absolute Gasteiger partial charge is 0.452 e. The normalized spacial score (nSPS) is 14.8. The van der Waals surface area contributed by atoms with E-state index in [9.17, 15) is 9.59 Å². The maximum absolute atomic E-state index is 12.3. The molecular formula is C21H24N2O3. The van der Waals surface area contributed by atoms with E-state index in [1.54, 1.807) is 29.2 Å². The maximum Gasteiger partial charge on any atom is 0.338 e. The van der Waals surface area contributed by atoms with Crippen molar-refractivity contribution in [1.29, 1.82) is 0 Å². The van der Waals surface area contributed by atoms with Crippen LogP contribution < -0.4 is 5.73 Å². The summed E-state index contributed by atoms with van der Waals surface area (Å²) < 4.78 is 5.13. The summed E-state index contributed by atoms with van der Waals surface area (Å²) in [7, 11) is 0. The minimum absolute atomic E-state index is 0.132. The molecule has 1 amide bonds. The average Bonchev–Trinajstić information content (AvgIpc) is 2.68. The zero-order valence-electron chi connectivity index (χ0n) is 14.8. The van der Waals surface area contributed by atoms with Crippen LogP contribution in [-0.4, -0.2) is 36.5 Å². The molecule has 0 atom stereocenters. The summed E-state index contributed by atoms with van der Waals surface area (Å²) in [6.07, 6.45) is 3.01. The summed E-state index contributed by atoms with van der Waals surface area (Å²) in [4.78, 5) is 26.0. The summed E-state index contributed by atoms with van der Waals surface area (Å²) in [6, 6.07) is 16.9. The van der Waals surface area contributed by atoms with Gasteiger partial charge in [-0.05, 0) is 55.0 Å². The number of hydrogen-bond acceptors (Lipinski definition) is 4. The number of carbonyl (C=O) groups excluding carboxylic acids is 2. The van der Waals surface area contributed by atoms with E-state index in [0.29, 0.717) is 17.2 Å². The standard InChI is InChI=1S/C21H24N2O3/c22-19-8-6-18(7-9-19)21(25)26-15-20(24)23-12-10-17(11-13-23)14-16-4-2-1-3-5-16/h1-9,17H,10-15,22H2. The van der Waals surface area contributed by atoms with Crippen molar-refractivity contribution >= 4 is 17.6 Å². The Bertz CT molecular complexity index is 736. The predicted molar refractivity (Wildman–Crippen MR) is 101 cm³/mol. The number of rotatable bonds is 5. The molecule has 1 aliphatic rings. The Morgan fingerprint density at radius 1 is 1.00 bits per heavy atom. The second kappa shape index (κ2) is 8.52. The number of anilines is 1. The van der Waals surface area contributed by atoms with Crippen LogP contribution in [0.2, 0.25) is 0 Å². The first-order chi connectivity index (χ1) is 12.6. The second-order valence-electron chi connectivity index (χ2n) is 6.71. The number of nitrogen functional groups attached to an aromatic ring is 1. The van der Waals surface area contributed by atoms with Crippen LogP contribution in [0.25, 0.3) is 0 Å². The molecule has 0 aliphatic carbocycles. The van der Waals surface area contributed by atoms with Gasteiger partial charge >= 0.3 is 5.97 Å². The lowest BCUT2D eigenvalue weighted by Crippen LogP contribution is -2.41. The van der Waals surface area contributed by atoms with Gasteiger partial charge in [-0.2, -0.15) is 0 Å². The van der Waals surface area contributed by atoms with Gasteiger partial charge in [-0.25, -0.2) is 4.79 Å². The summed E-state index contributed by atoms with van der Waals surface area (Å²) in [6.45, 7) is 1.22. The van der Waals surface area contributed by atoms with E-state index in [1.807, 2.05) is 6.07 Å². The molecule has 1 saturated heterocycles. The summed E-state index contributed by atoms with van der Waals surface area (Å²) in [5.74, 6) is -0.0388. The van der Waals surface area contributed by atoms with Crippen molar-refractivity contribution in [3.05, 3.63) is 65.7 Å². The number of hydrogen-bond donors (Lipinski definition) is 1. The number of ether oxygens (including phenoxy) is 1. The third kappa shape index (κ3) is 4.85. The van der Waals surface area contributed by atoms with Gasteiger partial charge in [0, 0.05) is 18.8 Å². The number of nitrogens with zero attached hydrogens (tertiary/aromatic N) is 1. The molecule has 136 valence electrons. The molecule has 5 heteroatoms. The zero-order chi connectivity index (χ0) is 18.4. The highest BCUT2D eigenvalue weighted by atomic mass is 16.5. The molecule has 0 spiro atoms. The Labute approximate surface area is 153 Å². The lowest BCUT2D eigenvalue weighted by Gasteiger charge is -2.32. The summed E-state index contributed by atoms with van der Waals surface area (Å²) in [5.41, 5.74) is 7.91.